The van der Waals surface area contributed by atoms with Gasteiger partial charge in [-0.3, -0.25) is 0 Å². The van der Waals surface area contributed by atoms with E-state index in [1.54, 1.807) is 21.1 Å². The first-order chi connectivity index (χ1) is 8.55. The Labute approximate surface area is 109 Å². The second-order valence-electron chi connectivity index (χ2n) is 4.59. The van der Waals surface area contributed by atoms with Crippen LogP contribution in [0.3, 0.4) is 0 Å². The van der Waals surface area contributed by atoms with Gasteiger partial charge in [-0.25, -0.2) is 0 Å². The van der Waals surface area contributed by atoms with Crippen LogP contribution in [0.15, 0.2) is 18.2 Å². The maximum Gasteiger partial charge on any atom is 0.122 e. The third kappa shape index (κ3) is 4.94. The summed E-state index contributed by atoms with van der Waals surface area (Å²) in [6.45, 7) is 4.58. The lowest BCUT2D eigenvalue weighted by Crippen LogP contribution is -2.28. The molecule has 0 saturated carbocycles. The predicted octanol–water partition coefficient (Wildman–Crippen LogP) is 1.95. The summed E-state index contributed by atoms with van der Waals surface area (Å²) in [5.74, 6) is 1.57. The van der Waals surface area contributed by atoms with Crippen LogP contribution in [0, 0.1) is 0 Å². The van der Waals surface area contributed by atoms with E-state index in [2.05, 4.69) is 12.2 Å². The fourth-order valence-electron chi connectivity index (χ4n) is 1.86. The van der Waals surface area contributed by atoms with E-state index in [9.17, 15) is 5.11 Å². The molecule has 0 saturated heterocycles. The van der Waals surface area contributed by atoms with E-state index >= 15 is 0 Å². The lowest BCUT2D eigenvalue weighted by Gasteiger charge is -2.16. The van der Waals surface area contributed by atoms with Crippen molar-refractivity contribution in [1.82, 2.24) is 5.32 Å². The summed E-state index contributed by atoms with van der Waals surface area (Å²) in [5.41, 5.74) is 1.10. The van der Waals surface area contributed by atoms with Crippen molar-refractivity contribution < 1.29 is 14.6 Å². The molecule has 0 radical (unpaired) electrons. The Bertz CT molecular complexity index is 344. The van der Waals surface area contributed by atoms with E-state index in [0.29, 0.717) is 0 Å². The highest BCUT2D eigenvalue weighted by atomic mass is 16.5. The molecule has 1 aromatic rings. The Kier molecular flexibility index (Phi) is 5.95. The van der Waals surface area contributed by atoms with Gasteiger partial charge in [0.05, 0.1) is 20.3 Å². The van der Waals surface area contributed by atoms with Crippen molar-refractivity contribution in [1.29, 1.82) is 0 Å². The van der Waals surface area contributed by atoms with E-state index in [-0.39, 0.29) is 12.1 Å². The normalized spacial score (nSPS) is 14.1. The Morgan fingerprint density at radius 3 is 2.11 bits per heavy atom. The number of rotatable bonds is 7. The van der Waals surface area contributed by atoms with Crippen molar-refractivity contribution in [2.75, 3.05) is 14.2 Å². The number of nitrogens with one attached hydrogen (secondary N) is 1. The maximum absolute atomic E-state index is 9.30. The summed E-state index contributed by atoms with van der Waals surface area (Å²) in [6.07, 6.45) is 0.452. The van der Waals surface area contributed by atoms with Crippen LogP contribution in [0.25, 0.3) is 0 Å². The average molecular weight is 253 g/mol. The topological polar surface area (TPSA) is 50.7 Å². The molecule has 2 N–H and O–H groups in total. The molecule has 1 aromatic carbocycles. The molecule has 4 heteroatoms. The van der Waals surface area contributed by atoms with Crippen LogP contribution in [0.1, 0.15) is 25.8 Å². The number of hydrogen-bond donors (Lipinski definition) is 2. The number of aliphatic hydroxyl groups excluding tert-OH is 1. The van der Waals surface area contributed by atoms with Crippen LogP contribution in [0.2, 0.25) is 0 Å². The van der Waals surface area contributed by atoms with Gasteiger partial charge in [0.2, 0.25) is 0 Å². The molecule has 4 nitrogen and oxygen atoms in total. The number of benzene rings is 1. The summed E-state index contributed by atoms with van der Waals surface area (Å²) in [5, 5.41) is 12.7. The second-order valence-corrected chi connectivity index (χ2v) is 4.59. The van der Waals surface area contributed by atoms with Gasteiger partial charge in [-0.15, -0.1) is 0 Å². The Morgan fingerprint density at radius 2 is 1.67 bits per heavy atom. The Balaban J connectivity index is 2.60. The summed E-state index contributed by atoms with van der Waals surface area (Å²) in [6, 6.07) is 6.07. The van der Waals surface area contributed by atoms with Gasteiger partial charge in [-0.1, -0.05) is 0 Å². The van der Waals surface area contributed by atoms with Crippen LogP contribution in [0.5, 0.6) is 11.5 Å². The molecule has 0 heterocycles. The average Bonchev–Trinajstić information content (AvgIpc) is 2.35. The predicted molar refractivity (Wildman–Crippen MR) is 72.1 cm³/mol. The largest absolute Gasteiger partial charge is 0.497 e. The summed E-state index contributed by atoms with van der Waals surface area (Å²) >= 11 is 0. The maximum atomic E-state index is 9.30. The molecule has 2 atom stereocenters. The molecular weight excluding hydrogens is 230 g/mol. The quantitative estimate of drug-likeness (QED) is 0.780. The van der Waals surface area contributed by atoms with Crippen molar-refractivity contribution in [3.05, 3.63) is 23.8 Å². The first kappa shape index (κ1) is 14.8. The highest BCUT2D eigenvalue weighted by molar-refractivity contribution is 5.38. The molecular formula is C14H23NO3. The molecule has 102 valence electrons. The van der Waals surface area contributed by atoms with Crippen molar-refractivity contribution >= 4 is 0 Å². The fourth-order valence-corrected chi connectivity index (χ4v) is 1.86. The lowest BCUT2D eigenvalue weighted by molar-refractivity contribution is 0.170. The minimum Gasteiger partial charge on any atom is -0.497 e. The van der Waals surface area contributed by atoms with E-state index in [1.165, 1.54) is 0 Å². The molecule has 0 fully saturated rings. The van der Waals surface area contributed by atoms with E-state index in [1.807, 2.05) is 18.2 Å². The van der Waals surface area contributed by atoms with Crippen LogP contribution in [0.4, 0.5) is 0 Å². The molecule has 18 heavy (non-hydrogen) atoms. The molecule has 0 aliphatic rings. The second kappa shape index (κ2) is 7.24. The Morgan fingerprint density at radius 1 is 1.11 bits per heavy atom. The molecule has 0 spiro atoms. The zero-order valence-corrected chi connectivity index (χ0v) is 11.6. The number of methoxy groups -OCH3 is 2. The number of aliphatic hydroxyl groups is 1. The van der Waals surface area contributed by atoms with E-state index in [4.69, 9.17) is 9.47 Å². The van der Waals surface area contributed by atoms with Gasteiger partial charge in [-0.05, 0) is 38.0 Å². The minimum absolute atomic E-state index is 0.266. The monoisotopic (exact) mass is 253 g/mol. The first-order valence-corrected chi connectivity index (χ1v) is 6.18. The molecule has 0 amide bonds. The van der Waals surface area contributed by atoms with Gasteiger partial charge in [-0.2, -0.15) is 0 Å². The molecule has 1 rings (SSSR count). The Hall–Kier alpha value is -1.26. The molecule has 0 aliphatic carbocycles. The van der Waals surface area contributed by atoms with Gasteiger partial charge in [0, 0.05) is 18.7 Å². The van der Waals surface area contributed by atoms with Gasteiger partial charge >= 0.3 is 0 Å². The van der Waals surface area contributed by atoms with Crippen LogP contribution in [-0.2, 0) is 6.54 Å². The number of ether oxygens (including phenoxy) is 2. The van der Waals surface area contributed by atoms with Gasteiger partial charge < -0.3 is 19.9 Å². The third-order valence-electron chi connectivity index (χ3n) is 2.76. The standard InChI is InChI=1S/C14H23NO3/c1-10(5-11(2)16)15-9-12-6-13(17-3)8-14(7-12)18-4/h6-8,10-11,15-16H,5,9H2,1-4H3. The van der Waals surface area contributed by atoms with Crippen molar-refractivity contribution in [3.8, 4) is 11.5 Å². The molecule has 2 unspecified atom stereocenters. The lowest BCUT2D eigenvalue weighted by atomic mass is 10.1. The van der Waals surface area contributed by atoms with Crippen LogP contribution < -0.4 is 14.8 Å². The van der Waals surface area contributed by atoms with Crippen molar-refractivity contribution in [3.63, 3.8) is 0 Å². The first-order valence-electron chi connectivity index (χ1n) is 6.18. The van der Waals surface area contributed by atoms with Crippen molar-refractivity contribution in [2.45, 2.75) is 39.0 Å². The van der Waals surface area contributed by atoms with Gasteiger partial charge in [0.15, 0.2) is 0 Å². The fraction of sp³-hybridized carbons (Fsp3) is 0.571. The van der Waals surface area contributed by atoms with Crippen molar-refractivity contribution in [2.24, 2.45) is 0 Å². The molecule has 0 bridgehead atoms. The smallest absolute Gasteiger partial charge is 0.122 e. The zero-order chi connectivity index (χ0) is 13.5. The van der Waals surface area contributed by atoms with Crippen LogP contribution in [-0.4, -0.2) is 31.5 Å². The molecule has 0 aliphatic heterocycles. The summed E-state index contributed by atoms with van der Waals surface area (Å²) < 4.78 is 10.4. The highest BCUT2D eigenvalue weighted by Gasteiger charge is 2.07. The highest BCUT2D eigenvalue weighted by Crippen LogP contribution is 2.22. The SMILES string of the molecule is COc1cc(CNC(C)CC(C)O)cc(OC)c1. The zero-order valence-electron chi connectivity index (χ0n) is 11.6. The van der Waals surface area contributed by atoms with Crippen LogP contribution >= 0.6 is 0 Å². The van der Waals surface area contributed by atoms with Gasteiger partial charge in [0.1, 0.15) is 11.5 Å². The molecule has 0 aromatic heterocycles. The number of hydrogen-bond acceptors (Lipinski definition) is 4. The van der Waals surface area contributed by atoms with Gasteiger partial charge in [0.25, 0.3) is 0 Å². The van der Waals surface area contributed by atoms with E-state index < -0.39 is 0 Å². The van der Waals surface area contributed by atoms with E-state index in [0.717, 1.165) is 30.0 Å². The summed E-state index contributed by atoms with van der Waals surface area (Å²) in [7, 11) is 3.28. The third-order valence-corrected chi connectivity index (χ3v) is 2.76. The summed E-state index contributed by atoms with van der Waals surface area (Å²) in [4.78, 5) is 0. The minimum atomic E-state index is -0.285.